The lowest BCUT2D eigenvalue weighted by molar-refractivity contribution is -0.388. The first-order valence-corrected chi connectivity index (χ1v) is 6.90. The van der Waals surface area contributed by atoms with E-state index in [-0.39, 0.29) is 6.20 Å². The minimum atomic E-state index is -5.72. The molecule has 0 saturated heterocycles. The largest absolute Gasteiger partial charge is 0.574 e. The monoisotopic (exact) mass is 374 g/mol. The van der Waals surface area contributed by atoms with Crippen molar-refractivity contribution in [2.45, 2.75) is 17.4 Å². The van der Waals surface area contributed by atoms with Crippen LogP contribution in [0, 0.1) is 10.1 Å². The van der Waals surface area contributed by atoms with E-state index in [2.05, 4.69) is 20.4 Å². The molecule has 1 heterocycles. The number of nitrogens with zero attached hydrogens (tertiary/aromatic N) is 2. The predicted molar refractivity (Wildman–Crippen MR) is 55.6 cm³/mol. The lowest BCUT2D eigenvalue weighted by Gasteiger charge is -2.15. The summed E-state index contributed by atoms with van der Waals surface area (Å²) in [5.41, 5.74) is -4.43. The highest BCUT2D eigenvalue weighted by Crippen LogP contribution is 2.45. The van der Waals surface area contributed by atoms with Crippen molar-refractivity contribution < 1.29 is 44.4 Å². The minimum absolute atomic E-state index is 0.227. The van der Waals surface area contributed by atoms with Crippen LogP contribution in [0.3, 0.4) is 0 Å². The molecule has 0 saturated carbocycles. The molecular weight excluding hydrogens is 374 g/mol. The van der Waals surface area contributed by atoms with Crippen LogP contribution in [0.4, 0.5) is 32.0 Å². The van der Waals surface area contributed by atoms with E-state index in [0.717, 1.165) is 0 Å². The van der Waals surface area contributed by atoms with E-state index < -0.39 is 48.5 Å². The van der Waals surface area contributed by atoms with Crippen molar-refractivity contribution in [2.75, 3.05) is 0 Å². The zero-order valence-electron chi connectivity index (χ0n) is 9.57. The normalized spacial score (nSPS) is 13.0. The SMILES string of the molecule is O=[N+]([O-])c1cnc(OC(F)(F)F)c(S(=O)(=O)Cl)c1C(F)(F)F. The van der Waals surface area contributed by atoms with Gasteiger partial charge in [0.25, 0.3) is 9.05 Å². The molecule has 1 aromatic rings. The van der Waals surface area contributed by atoms with Crippen LogP contribution in [-0.4, -0.2) is 24.7 Å². The van der Waals surface area contributed by atoms with E-state index in [1.54, 1.807) is 0 Å². The molecule has 0 radical (unpaired) electrons. The van der Waals surface area contributed by atoms with Crippen molar-refractivity contribution >= 4 is 25.4 Å². The second kappa shape index (κ2) is 5.42. The van der Waals surface area contributed by atoms with Crippen molar-refractivity contribution in [1.29, 1.82) is 0 Å². The Balaban J connectivity index is 3.90. The van der Waals surface area contributed by atoms with Crippen LogP contribution in [0.25, 0.3) is 0 Å². The zero-order valence-corrected chi connectivity index (χ0v) is 11.1. The van der Waals surface area contributed by atoms with Crippen LogP contribution in [0.1, 0.15) is 5.56 Å². The van der Waals surface area contributed by atoms with Gasteiger partial charge in [0.05, 0.1) is 4.92 Å². The first-order chi connectivity index (χ1) is 9.64. The van der Waals surface area contributed by atoms with Crippen molar-refractivity contribution in [3.63, 3.8) is 0 Å². The number of rotatable bonds is 3. The fraction of sp³-hybridized carbons (Fsp3) is 0.286. The van der Waals surface area contributed by atoms with Gasteiger partial charge in [-0.25, -0.2) is 13.4 Å². The first kappa shape index (κ1) is 18.2. The number of hydrogen-bond donors (Lipinski definition) is 0. The molecule has 15 heteroatoms. The van der Waals surface area contributed by atoms with Gasteiger partial charge in [0.15, 0.2) is 10.5 Å². The molecule has 7 nitrogen and oxygen atoms in total. The Kier molecular flexibility index (Phi) is 4.49. The highest BCUT2D eigenvalue weighted by molar-refractivity contribution is 8.13. The molecule has 0 unspecified atom stereocenters. The molecule has 0 amide bonds. The van der Waals surface area contributed by atoms with Gasteiger partial charge in [-0.05, 0) is 0 Å². The van der Waals surface area contributed by atoms with Crippen molar-refractivity contribution in [1.82, 2.24) is 4.98 Å². The molecule has 0 aliphatic heterocycles. The molecule has 22 heavy (non-hydrogen) atoms. The highest BCUT2D eigenvalue weighted by atomic mass is 35.7. The Hall–Kier alpha value is -1.83. The Morgan fingerprint density at radius 3 is 2.05 bits per heavy atom. The van der Waals surface area contributed by atoms with Crippen LogP contribution >= 0.6 is 10.7 Å². The first-order valence-electron chi connectivity index (χ1n) is 4.59. The Bertz CT molecular complexity index is 715. The van der Waals surface area contributed by atoms with E-state index in [0.29, 0.717) is 0 Å². The predicted octanol–water partition coefficient (Wildman–Crippen LogP) is 2.83. The van der Waals surface area contributed by atoms with E-state index in [4.69, 9.17) is 0 Å². The number of alkyl halides is 6. The fourth-order valence-electron chi connectivity index (χ4n) is 1.29. The maximum absolute atomic E-state index is 12.8. The summed E-state index contributed by atoms with van der Waals surface area (Å²) in [7, 11) is -0.873. The lowest BCUT2D eigenvalue weighted by Crippen LogP contribution is -2.22. The average molecular weight is 375 g/mol. The lowest BCUT2D eigenvalue weighted by atomic mass is 10.2. The summed E-state index contributed by atoms with van der Waals surface area (Å²) < 4.78 is 100. The molecule has 0 aliphatic rings. The van der Waals surface area contributed by atoms with Crippen LogP contribution < -0.4 is 4.74 Å². The van der Waals surface area contributed by atoms with Crippen molar-refractivity contribution in [2.24, 2.45) is 0 Å². The zero-order chi connectivity index (χ0) is 17.5. The third kappa shape index (κ3) is 4.09. The molecule has 0 spiro atoms. The highest BCUT2D eigenvalue weighted by Gasteiger charge is 2.48. The van der Waals surface area contributed by atoms with Gasteiger partial charge in [-0.3, -0.25) is 10.1 Å². The average Bonchev–Trinajstić information content (AvgIpc) is 2.22. The molecule has 0 aromatic carbocycles. The third-order valence-electron chi connectivity index (χ3n) is 1.92. The van der Waals surface area contributed by atoms with E-state index in [1.807, 2.05) is 0 Å². The molecule has 1 rings (SSSR count). The van der Waals surface area contributed by atoms with Crippen molar-refractivity contribution in [3.8, 4) is 5.88 Å². The summed E-state index contributed by atoms with van der Waals surface area (Å²) in [6.07, 6.45) is -11.6. The molecule has 0 aliphatic carbocycles. The van der Waals surface area contributed by atoms with Crippen LogP contribution in [0.15, 0.2) is 11.1 Å². The van der Waals surface area contributed by atoms with Crippen LogP contribution in [0.2, 0.25) is 0 Å². The maximum Gasteiger partial charge on any atom is 0.574 e. The topological polar surface area (TPSA) is 99.4 Å². The minimum Gasteiger partial charge on any atom is -0.386 e. The number of pyridine rings is 1. The molecular formula is C7HClF6N2O5S. The Morgan fingerprint density at radius 2 is 1.73 bits per heavy atom. The summed E-state index contributed by atoms with van der Waals surface area (Å²) in [5.74, 6) is -2.08. The van der Waals surface area contributed by atoms with Gasteiger partial charge in [-0.1, -0.05) is 0 Å². The third-order valence-corrected chi connectivity index (χ3v) is 3.25. The molecule has 0 bridgehead atoms. The van der Waals surface area contributed by atoms with Gasteiger partial charge in [-0.2, -0.15) is 13.2 Å². The number of ether oxygens (including phenoxy) is 1. The summed E-state index contributed by atoms with van der Waals surface area (Å²) in [6, 6.07) is 0. The van der Waals surface area contributed by atoms with Crippen LogP contribution in [-0.2, 0) is 15.2 Å². The number of hydrogen-bond acceptors (Lipinski definition) is 6. The van der Waals surface area contributed by atoms with Gasteiger partial charge >= 0.3 is 18.2 Å². The van der Waals surface area contributed by atoms with Gasteiger partial charge < -0.3 is 4.74 Å². The van der Waals surface area contributed by atoms with Gasteiger partial charge in [0.2, 0.25) is 5.88 Å². The fourth-order valence-corrected chi connectivity index (χ4v) is 2.48. The van der Waals surface area contributed by atoms with Gasteiger partial charge in [0, 0.05) is 10.7 Å². The molecule has 124 valence electrons. The van der Waals surface area contributed by atoms with Gasteiger partial charge in [0.1, 0.15) is 6.20 Å². The Labute approximate surface area is 121 Å². The standard InChI is InChI=1S/C7HClF6N2O5S/c8-22(19,20)4-3(6(9,10)11)2(16(17)18)1-15-5(4)21-7(12,13)14/h1H. The molecule has 0 atom stereocenters. The quantitative estimate of drug-likeness (QED) is 0.349. The molecule has 0 N–H and O–H groups in total. The van der Waals surface area contributed by atoms with Crippen molar-refractivity contribution in [3.05, 3.63) is 21.9 Å². The molecule has 0 fully saturated rings. The maximum atomic E-state index is 12.8. The summed E-state index contributed by atoms with van der Waals surface area (Å²) >= 11 is 0. The van der Waals surface area contributed by atoms with Crippen LogP contribution in [0.5, 0.6) is 5.88 Å². The second-order valence-electron chi connectivity index (χ2n) is 3.39. The smallest absolute Gasteiger partial charge is 0.386 e. The summed E-state index contributed by atoms with van der Waals surface area (Å²) in [4.78, 5) is 9.11. The summed E-state index contributed by atoms with van der Waals surface area (Å²) in [6.45, 7) is 0. The number of nitro groups is 1. The number of halogens is 7. The van der Waals surface area contributed by atoms with E-state index >= 15 is 0 Å². The van der Waals surface area contributed by atoms with E-state index in [1.165, 1.54) is 0 Å². The van der Waals surface area contributed by atoms with Gasteiger partial charge in [-0.15, -0.1) is 13.2 Å². The van der Waals surface area contributed by atoms with E-state index in [9.17, 15) is 44.9 Å². The second-order valence-corrected chi connectivity index (χ2v) is 5.90. The number of aromatic nitrogens is 1. The Morgan fingerprint density at radius 1 is 1.23 bits per heavy atom. The summed E-state index contributed by atoms with van der Waals surface area (Å²) in [5, 5.41) is 10.5. The molecule has 1 aromatic heterocycles.